The van der Waals surface area contributed by atoms with E-state index in [0.29, 0.717) is 6.04 Å². The third-order valence-corrected chi connectivity index (χ3v) is 4.79. The summed E-state index contributed by atoms with van der Waals surface area (Å²) in [4.78, 5) is 4.59. The number of rotatable bonds is 2. The molecule has 0 radical (unpaired) electrons. The molecule has 0 aliphatic carbocycles. The van der Waals surface area contributed by atoms with Gasteiger partial charge in [0.1, 0.15) is 5.82 Å². The lowest BCUT2D eigenvalue weighted by molar-refractivity contribution is -0.0728. The molecule has 0 N–H and O–H groups in total. The van der Waals surface area contributed by atoms with E-state index in [9.17, 15) is 0 Å². The smallest absolute Gasteiger partial charge is 0.140 e. The Morgan fingerprint density at radius 3 is 2.67 bits per heavy atom. The van der Waals surface area contributed by atoms with Crippen molar-refractivity contribution in [3.63, 3.8) is 0 Å². The lowest BCUT2D eigenvalue weighted by Gasteiger charge is -2.29. The molecule has 1 unspecified atom stereocenters. The molecule has 1 fully saturated rings. The molecule has 1 aromatic carbocycles. The van der Waals surface area contributed by atoms with Gasteiger partial charge in [-0.15, -0.1) is 0 Å². The van der Waals surface area contributed by atoms with Crippen molar-refractivity contribution in [3.05, 3.63) is 40.2 Å². The Labute approximate surface area is 139 Å². The summed E-state index contributed by atoms with van der Waals surface area (Å²) >= 11 is 2.34. The second kappa shape index (κ2) is 5.09. The van der Waals surface area contributed by atoms with Crippen LogP contribution >= 0.6 is 22.6 Å². The lowest BCUT2D eigenvalue weighted by Crippen LogP contribution is -2.31. The molecule has 1 saturated heterocycles. The van der Waals surface area contributed by atoms with Crippen molar-refractivity contribution in [1.29, 1.82) is 0 Å². The van der Waals surface area contributed by atoms with E-state index in [1.165, 1.54) is 3.57 Å². The maximum Gasteiger partial charge on any atom is 0.140 e. The minimum atomic E-state index is -0.194. The quantitative estimate of drug-likeness (QED) is 0.690. The van der Waals surface area contributed by atoms with Crippen molar-refractivity contribution in [2.75, 3.05) is 0 Å². The molecule has 0 spiro atoms. The first-order chi connectivity index (χ1) is 9.78. The summed E-state index contributed by atoms with van der Waals surface area (Å²) in [5.74, 6) is 1.02. The van der Waals surface area contributed by atoms with Gasteiger partial charge in [-0.05, 0) is 68.8 Å². The fraction of sp³-hybridized carbons (Fsp3) is 0.471. The van der Waals surface area contributed by atoms with E-state index in [-0.39, 0.29) is 11.2 Å². The number of imidazole rings is 1. The predicted octanol–water partition coefficient (Wildman–Crippen LogP) is 4.67. The van der Waals surface area contributed by atoms with Crippen LogP contribution in [-0.2, 0) is 4.74 Å². The maximum atomic E-state index is 6.24. The van der Waals surface area contributed by atoms with Gasteiger partial charge in [0.25, 0.3) is 0 Å². The summed E-state index contributed by atoms with van der Waals surface area (Å²) < 4.78 is 9.74. The van der Waals surface area contributed by atoms with Gasteiger partial charge in [-0.25, -0.2) is 4.98 Å². The summed E-state index contributed by atoms with van der Waals surface area (Å²) in [6.45, 7) is 8.67. The van der Waals surface area contributed by atoms with Crippen molar-refractivity contribution in [1.82, 2.24) is 9.55 Å². The molecule has 0 saturated carbocycles. The van der Waals surface area contributed by atoms with E-state index in [1.54, 1.807) is 0 Å². The van der Waals surface area contributed by atoms with Gasteiger partial charge in [0.05, 0.1) is 17.2 Å². The summed E-state index contributed by atoms with van der Waals surface area (Å²) in [5.41, 5.74) is 0.870. The highest BCUT2D eigenvalue weighted by atomic mass is 127. The molecule has 4 heteroatoms. The number of benzene rings is 1. The van der Waals surface area contributed by atoms with E-state index in [2.05, 4.69) is 90.3 Å². The summed E-state index contributed by atoms with van der Waals surface area (Å²) in [6.07, 6.45) is 4.95. The highest BCUT2D eigenvalue weighted by Gasteiger charge is 2.47. The number of aromatic nitrogens is 2. The molecule has 1 aliphatic heterocycles. The number of ether oxygens (including phenoxy) is 1. The molecule has 2 heterocycles. The van der Waals surface area contributed by atoms with Crippen molar-refractivity contribution >= 4 is 22.6 Å². The molecule has 112 valence electrons. The van der Waals surface area contributed by atoms with Crippen molar-refractivity contribution in [3.8, 4) is 11.4 Å². The van der Waals surface area contributed by atoms with Gasteiger partial charge >= 0.3 is 0 Å². The van der Waals surface area contributed by atoms with E-state index < -0.39 is 0 Å². The first-order valence-electron chi connectivity index (χ1n) is 7.27. The third-order valence-electron chi connectivity index (χ3n) is 4.11. The largest absolute Gasteiger partial charge is 0.367 e. The molecule has 1 aliphatic rings. The van der Waals surface area contributed by atoms with E-state index in [1.807, 2.05) is 6.20 Å². The van der Waals surface area contributed by atoms with Crippen LogP contribution in [0.25, 0.3) is 11.4 Å². The molecular formula is C17H21IN2O. The van der Waals surface area contributed by atoms with Gasteiger partial charge in [-0.1, -0.05) is 12.1 Å². The molecule has 0 bridgehead atoms. The highest BCUT2D eigenvalue weighted by Crippen LogP contribution is 2.46. The molecule has 0 amide bonds. The Kier molecular flexibility index (Phi) is 3.64. The fourth-order valence-corrected chi connectivity index (χ4v) is 3.93. The van der Waals surface area contributed by atoms with Crippen LogP contribution < -0.4 is 0 Å². The SMILES string of the molecule is CC1(C)CC(n2ccnc2-c2cccc(I)c2)C(C)(C)O1. The lowest BCUT2D eigenvalue weighted by atomic mass is 9.94. The standard InChI is InChI=1S/C17H21IN2O/c1-16(2)11-14(17(3,4)21-16)20-9-8-19-15(20)12-6-5-7-13(18)10-12/h5-10,14H,11H2,1-4H3. The van der Waals surface area contributed by atoms with Crippen LogP contribution in [0, 0.1) is 3.57 Å². The zero-order chi connectivity index (χ0) is 15.3. The molecule has 3 rings (SSSR count). The Morgan fingerprint density at radius 2 is 2.05 bits per heavy atom. The second-order valence-electron chi connectivity index (χ2n) is 6.85. The number of hydrogen-bond acceptors (Lipinski definition) is 2. The first kappa shape index (κ1) is 15.0. The fourth-order valence-electron chi connectivity index (χ4n) is 3.38. The van der Waals surface area contributed by atoms with Gasteiger partial charge in [0, 0.05) is 21.5 Å². The maximum absolute atomic E-state index is 6.24. The second-order valence-corrected chi connectivity index (χ2v) is 8.10. The average molecular weight is 396 g/mol. The zero-order valence-electron chi connectivity index (χ0n) is 12.9. The predicted molar refractivity (Wildman–Crippen MR) is 93.3 cm³/mol. The van der Waals surface area contributed by atoms with E-state index in [4.69, 9.17) is 4.74 Å². The van der Waals surface area contributed by atoms with Crippen molar-refractivity contribution in [2.45, 2.75) is 51.4 Å². The van der Waals surface area contributed by atoms with Crippen LogP contribution in [0.1, 0.15) is 40.2 Å². The third kappa shape index (κ3) is 2.88. The average Bonchev–Trinajstić information content (AvgIpc) is 2.90. The van der Waals surface area contributed by atoms with Gasteiger partial charge in [0.15, 0.2) is 0 Å². The molecule has 3 nitrogen and oxygen atoms in total. The normalized spacial score (nSPS) is 23.4. The van der Waals surface area contributed by atoms with Crippen molar-refractivity contribution < 1.29 is 4.74 Å². The van der Waals surface area contributed by atoms with Gasteiger partial charge in [0.2, 0.25) is 0 Å². The topological polar surface area (TPSA) is 27.1 Å². The summed E-state index contributed by atoms with van der Waals surface area (Å²) in [6, 6.07) is 8.77. The van der Waals surface area contributed by atoms with Gasteiger partial charge in [-0.2, -0.15) is 0 Å². The monoisotopic (exact) mass is 396 g/mol. The zero-order valence-corrected chi connectivity index (χ0v) is 15.1. The Balaban J connectivity index is 2.04. The van der Waals surface area contributed by atoms with Crippen LogP contribution in [0.4, 0.5) is 0 Å². The minimum absolute atomic E-state index is 0.0964. The van der Waals surface area contributed by atoms with Gasteiger partial charge in [-0.3, -0.25) is 0 Å². The molecule has 21 heavy (non-hydrogen) atoms. The van der Waals surface area contributed by atoms with Crippen LogP contribution in [0.5, 0.6) is 0 Å². The van der Waals surface area contributed by atoms with E-state index in [0.717, 1.165) is 17.8 Å². The first-order valence-corrected chi connectivity index (χ1v) is 8.35. The molecule has 1 atom stereocenters. The van der Waals surface area contributed by atoms with Crippen LogP contribution in [0.15, 0.2) is 36.7 Å². The van der Waals surface area contributed by atoms with Gasteiger partial charge < -0.3 is 9.30 Å². The van der Waals surface area contributed by atoms with Crippen LogP contribution in [0.3, 0.4) is 0 Å². The Morgan fingerprint density at radius 1 is 1.29 bits per heavy atom. The van der Waals surface area contributed by atoms with Crippen LogP contribution in [-0.4, -0.2) is 20.8 Å². The number of nitrogens with zero attached hydrogens (tertiary/aromatic N) is 2. The van der Waals surface area contributed by atoms with Crippen molar-refractivity contribution in [2.24, 2.45) is 0 Å². The summed E-state index contributed by atoms with van der Waals surface area (Å²) in [7, 11) is 0. The summed E-state index contributed by atoms with van der Waals surface area (Å²) in [5, 5.41) is 0. The van der Waals surface area contributed by atoms with Crippen LogP contribution in [0.2, 0.25) is 0 Å². The minimum Gasteiger partial charge on any atom is -0.367 e. The highest BCUT2D eigenvalue weighted by molar-refractivity contribution is 14.1. The Hall–Kier alpha value is -0.880. The molecule has 2 aromatic rings. The Bertz CT molecular complexity index is 660. The molecular weight excluding hydrogens is 375 g/mol. The van der Waals surface area contributed by atoms with E-state index >= 15 is 0 Å². The number of halogens is 1. The molecule has 1 aromatic heterocycles. The number of hydrogen-bond donors (Lipinski definition) is 0.